The fourth-order valence-corrected chi connectivity index (χ4v) is 3.95. The molecule has 0 aliphatic rings. The van der Waals surface area contributed by atoms with Crippen LogP contribution < -0.4 is 0 Å². The van der Waals surface area contributed by atoms with Crippen LogP contribution in [0.1, 0.15) is 50.4 Å². The molecule has 2 aromatic carbocycles. The highest BCUT2D eigenvalue weighted by molar-refractivity contribution is 5.79. The van der Waals surface area contributed by atoms with Gasteiger partial charge in [-0.05, 0) is 35.2 Å². The molecule has 1 N–H and O–H groups in total. The van der Waals surface area contributed by atoms with Gasteiger partial charge in [0.2, 0.25) is 0 Å². The van der Waals surface area contributed by atoms with Crippen molar-refractivity contribution < 1.29 is 13.9 Å². The van der Waals surface area contributed by atoms with Crippen molar-refractivity contribution in [3.63, 3.8) is 0 Å². The molecule has 4 aromatic rings. The van der Waals surface area contributed by atoms with Crippen molar-refractivity contribution in [2.24, 2.45) is 0 Å². The van der Waals surface area contributed by atoms with Gasteiger partial charge in [-0.3, -0.25) is 4.98 Å². The van der Waals surface area contributed by atoms with Gasteiger partial charge in [0.15, 0.2) is 0 Å². The third-order valence-electron chi connectivity index (χ3n) is 6.00. The van der Waals surface area contributed by atoms with Crippen LogP contribution in [0.15, 0.2) is 61.2 Å². The fourth-order valence-electron chi connectivity index (χ4n) is 3.95. The van der Waals surface area contributed by atoms with E-state index in [-0.39, 0.29) is 17.5 Å². The first kappa shape index (κ1) is 22.0. The van der Waals surface area contributed by atoms with E-state index in [1.165, 1.54) is 29.0 Å². The Morgan fingerprint density at radius 1 is 1.03 bits per heavy atom. The van der Waals surface area contributed by atoms with Gasteiger partial charge in [-0.2, -0.15) is 5.10 Å². The van der Waals surface area contributed by atoms with Crippen molar-refractivity contribution in [1.82, 2.24) is 19.7 Å². The van der Waals surface area contributed by atoms with E-state index < -0.39 is 23.2 Å². The van der Waals surface area contributed by atoms with Gasteiger partial charge >= 0.3 is 0 Å². The summed E-state index contributed by atoms with van der Waals surface area (Å²) in [5, 5.41) is 16.8. The molecule has 0 spiro atoms. The van der Waals surface area contributed by atoms with Gasteiger partial charge in [0.1, 0.15) is 29.9 Å². The number of halogens is 2. The number of pyridine rings is 1. The maximum atomic E-state index is 14.8. The lowest BCUT2D eigenvalue weighted by Crippen LogP contribution is -2.38. The molecule has 32 heavy (non-hydrogen) atoms. The average molecular weight is 437 g/mol. The van der Waals surface area contributed by atoms with E-state index in [9.17, 15) is 13.9 Å². The third kappa shape index (κ3) is 4.12. The van der Waals surface area contributed by atoms with Gasteiger partial charge in [0, 0.05) is 28.6 Å². The van der Waals surface area contributed by atoms with Gasteiger partial charge in [-0.15, -0.1) is 0 Å². The predicted molar refractivity (Wildman–Crippen MR) is 119 cm³/mol. The normalized spacial score (nSPS) is 15.0. The van der Waals surface area contributed by atoms with Crippen LogP contribution >= 0.6 is 0 Å². The van der Waals surface area contributed by atoms with Crippen molar-refractivity contribution in [3.05, 3.63) is 89.6 Å². The van der Waals surface area contributed by atoms with Crippen molar-refractivity contribution in [2.75, 3.05) is 0 Å². The molecule has 5 nitrogen and oxygen atoms in total. The Bertz CT molecular complexity index is 1250. The first-order chi connectivity index (χ1) is 15.1. The molecule has 166 valence electrons. The van der Waals surface area contributed by atoms with Crippen molar-refractivity contribution in [1.29, 1.82) is 0 Å². The summed E-state index contributed by atoms with van der Waals surface area (Å²) in [6, 6.07) is 13.1. The van der Waals surface area contributed by atoms with E-state index >= 15 is 0 Å². The minimum Gasteiger partial charge on any atom is -0.382 e. The predicted octanol–water partition coefficient (Wildman–Crippen LogP) is 5.09. The number of aromatic nitrogens is 4. The molecule has 7 heteroatoms. The van der Waals surface area contributed by atoms with E-state index in [4.69, 9.17) is 4.98 Å². The molecule has 2 heterocycles. The summed E-state index contributed by atoms with van der Waals surface area (Å²) in [5.41, 5.74) is 0.823. The van der Waals surface area contributed by atoms with E-state index in [0.717, 1.165) is 23.0 Å². The minimum atomic E-state index is -1.74. The molecule has 2 unspecified atom stereocenters. The quantitative estimate of drug-likeness (QED) is 0.473. The van der Waals surface area contributed by atoms with Gasteiger partial charge in [-0.1, -0.05) is 45.9 Å². The molecule has 0 amide bonds. The maximum absolute atomic E-state index is 14.8. The van der Waals surface area contributed by atoms with Gasteiger partial charge in [-0.25, -0.2) is 18.4 Å². The van der Waals surface area contributed by atoms with Crippen LogP contribution in [-0.4, -0.2) is 24.9 Å². The van der Waals surface area contributed by atoms with Crippen LogP contribution in [0.3, 0.4) is 0 Å². The smallest absolute Gasteiger partial charge is 0.137 e. The van der Waals surface area contributed by atoms with Crippen LogP contribution in [-0.2, 0) is 17.6 Å². The molecule has 4 rings (SSSR count). The summed E-state index contributed by atoms with van der Waals surface area (Å²) in [7, 11) is 0. The Balaban J connectivity index is 1.79. The molecule has 0 aliphatic carbocycles. The SMILES string of the molecule is CC(c1ccc2cc(C(C)(C)C)ccc2n1)C(O)(Cn1cncn1)c1ccc(F)cc1F. The first-order valence-corrected chi connectivity index (χ1v) is 10.5. The molecule has 0 fully saturated rings. The van der Waals surface area contributed by atoms with Crippen molar-refractivity contribution in [2.45, 2.75) is 51.2 Å². The minimum absolute atomic E-state index is 0.0122. The summed E-state index contributed by atoms with van der Waals surface area (Å²) in [6.07, 6.45) is 2.79. The lowest BCUT2D eigenvalue weighted by atomic mass is 9.79. The molecular formula is C25H26F2N4O. The fraction of sp³-hybridized carbons (Fsp3) is 0.320. The van der Waals surface area contributed by atoms with E-state index in [1.807, 2.05) is 24.3 Å². The Hall–Kier alpha value is -3.19. The molecule has 0 radical (unpaired) electrons. The van der Waals surface area contributed by atoms with Gasteiger partial charge < -0.3 is 5.11 Å². The highest BCUT2D eigenvalue weighted by atomic mass is 19.1. The molecule has 0 bridgehead atoms. The molecule has 0 saturated carbocycles. The molecule has 0 aliphatic heterocycles. The molecule has 2 aromatic heterocycles. The van der Waals surface area contributed by atoms with Crippen molar-refractivity contribution in [3.8, 4) is 0 Å². The molecule has 0 saturated heterocycles. The number of rotatable bonds is 5. The highest BCUT2D eigenvalue weighted by Gasteiger charge is 2.40. The van der Waals surface area contributed by atoms with E-state index in [2.05, 4.69) is 36.9 Å². The van der Waals surface area contributed by atoms with Gasteiger partial charge in [0.25, 0.3) is 0 Å². The summed E-state index contributed by atoms with van der Waals surface area (Å²) in [6.45, 7) is 8.16. The average Bonchev–Trinajstić information content (AvgIpc) is 3.24. The van der Waals surface area contributed by atoms with Crippen LogP contribution in [0.2, 0.25) is 0 Å². The molecule has 2 atom stereocenters. The van der Waals surface area contributed by atoms with Crippen LogP contribution in [0.5, 0.6) is 0 Å². The maximum Gasteiger partial charge on any atom is 0.137 e. The zero-order chi connectivity index (χ0) is 23.1. The Morgan fingerprint density at radius 3 is 2.47 bits per heavy atom. The number of hydrogen-bond acceptors (Lipinski definition) is 4. The van der Waals surface area contributed by atoms with Crippen LogP contribution in [0.4, 0.5) is 8.78 Å². The second-order valence-electron chi connectivity index (χ2n) is 9.26. The number of benzene rings is 2. The van der Waals surface area contributed by atoms with Crippen LogP contribution in [0, 0.1) is 11.6 Å². The Morgan fingerprint density at radius 2 is 1.81 bits per heavy atom. The molecular weight excluding hydrogens is 410 g/mol. The number of fused-ring (bicyclic) bond motifs is 1. The van der Waals surface area contributed by atoms with Crippen molar-refractivity contribution >= 4 is 10.9 Å². The number of hydrogen-bond donors (Lipinski definition) is 1. The summed E-state index contributed by atoms with van der Waals surface area (Å²) in [5.74, 6) is -2.16. The standard InChI is InChI=1S/C25H26F2N4O/c1-16(22-9-5-17-11-18(24(2,3)4)6-10-23(17)30-22)25(32,13-31-15-28-14-29-31)20-8-7-19(26)12-21(20)27/h5-12,14-16,32H,13H2,1-4H3. The third-order valence-corrected chi connectivity index (χ3v) is 6.00. The lowest BCUT2D eigenvalue weighted by Gasteiger charge is -2.34. The Labute approximate surface area is 185 Å². The number of nitrogens with zero attached hydrogens (tertiary/aromatic N) is 4. The van der Waals surface area contributed by atoms with E-state index in [1.54, 1.807) is 6.92 Å². The zero-order valence-corrected chi connectivity index (χ0v) is 18.5. The first-order valence-electron chi connectivity index (χ1n) is 10.5. The zero-order valence-electron chi connectivity index (χ0n) is 18.5. The summed E-state index contributed by atoms with van der Waals surface area (Å²) < 4.78 is 29.8. The largest absolute Gasteiger partial charge is 0.382 e. The highest BCUT2D eigenvalue weighted by Crippen LogP contribution is 2.39. The lowest BCUT2D eigenvalue weighted by molar-refractivity contribution is -0.0122. The summed E-state index contributed by atoms with van der Waals surface area (Å²) in [4.78, 5) is 8.67. The second-order valence-corrected chi connectivity index (χ2v) is 9.26. The monoisotopic (exact) mass is 436 g/mol. The van der Waals surface area contributed by atoms with Crippen LogP contribution in [0.25, 0.3) is 10.9 Å². The van der Waals surface area contributed by atoms with Gasteiger partial charge in [0.05, 0.1) is 12.1 Å². The second kappa shape index (κ2) is 8.06. The summed E-state index contributed by atoms with van der Waals surface area (Å²) >= 11 is 0. The Kier molecular flexibility index (Phi) is 5.54. The van der Waals surface area contributed by atoms with E-state index in [0.29, 0.717) is 5.69 Å². The topological polar surface area (TPSA) is 63.8 Å². The number of aliphatic hydroxyl groups is 1.